The molecule has 0 bridgehead atoms. The molecule has 1 aliphatic carbocycles. The zero-order chi connectivity index (χ0) is 20.1. The Bertz CT molecular complexity index is 754. The smallest absolute Gasteiger partial charge is 0.123 e. The molecule has 0 aromatic heterocycles. The molecule has 2 unspecified atom stereocenters. The standard InChI is InChI=1S/C25H32FNO2/c26-23-13-11-22(12-14-23)25(28,21-9-5-2-6-10-21)24(20-7-3-1-4-8-20)19-27-15-17-29-18-16-27/h1,3-4,7-8,11-14,21,24,28H,2,5-6,9-10,15-19H2/p+1. The Balaban J connectivity index is 1.76. The first kappa shape index (κ1) is 20.5. The molecule has 2 atom stereocenters. The Labute approximate surface area is 173 Å². The number of hydrogen-bond donors (Lipinski definition) is 2. The third-order valence-electron chi connectivity index (χ3n) is 6.96. The van der Waals surface area contributed by atoms with Crippen molar-refractivity contribution in [3.05, 3.63) is 71.5 Å². The van der Waals surface area contributed by atoms with Crippen LogP contribution in [0.5, 0.6) is 0 Å². The van der Waals surface area contributed by atoms with Gasteiger partial charge in [-0.15, -0.1) is 0 Å². The summed E-state index contributed by atoms with van der Waals surface area (Å²) in [5, 5.41) is 12.5. The van der Waals surface area contributed by atoms with E-state index in [-0.39, 0.29) is 17.7 Å². The number of morpholine rings is 1. The summed E-state index contributed by atoms with van der Waals surface area (Å²) < 4.78 is 19.3. The fourth-order valence-corrected chi connectivity index (χ4v) is 5.35. The molecule has 29 heavy (non-hydrogen) atoms. The molecule has 1 saturated carbocycles. The predicted molar refractivity (Wildman–Crippen MR) is 112 cm³/mol. The molecule has 0 amide bonds. The summed E-state index contributed by atoms with van der Waals surface area (Å²) in [5.74, 6) is -0.104. The molecule has 2 aromatic rings. The summed E-state index contributed by atoms with van der Waals surface area (Å²) in [5.41, 5.74) is 1.03. The van der Waals surface area contributed by atoms with Gasteiger partial charge in [0.1, 0.15) is 24.5 Å². The number of benzene rings is 2. The van der Waals surface area contributed by atoms with Gasteiger partial charge in [-0.1, -0.05) is 61.7 Å². The van der Waals surface area contributed by atoms with Gasteiger partial charge in [0.2, 0.25) is 0 Å². The molecule has 4 rings (SSSR count). The number of aliphatic hydroxyl groups is 1. The van der Waals surface area contributed by atoms with Crippen LogP contribution >= 0.6 is 0 Å². The number of ether oxygens (including phenoxy) is 1. The summed E-state index contributed by atoms with van der Waals surface area (Å²) in [6.45, 7) is 4.34. The van der Waals surface area contributed by atoms with E-state index in [1.165, 1.54) is 29.0 Å². The molecule has 1 aliphatic heterocycles. The molecule has 2 aromatic carbocycles. The second-order valence-electron chi connectivity index (χ2n) is 8.70. The van der Waals surface area contributed by atoms with Crippen LogP contribution in [0.3, 0.4) is 0 Å². The molecular formula is C25H33FNO2+. The van der Waals surface area contributed by atoms with Crippen LogP contribution < -0.4 is 4.90 Å². The van der Waals surface area contributed by atoms with Gasteiger partial charge in [-0.25, -0.2) is 4.39 Å². The van der Waals surface area contributed by atoms with Gasteiger partial charge < -0.3 is 14.7 Å². The molecule has 0 spiro atoms. The van der Waals surface area contributed by atoms with Crippen LogP contribution in [0.15, 0.2) is 54.6 Å². The van der Waals surface area contributed by atoms with E-state index in [2.05, 4.69) is 24.3 Å². The highest BCUT2D eigenvalue weighted by molar-refractivity contribution is 5.33. The first-order valence-corrected chi connectivity index (χ1v) is 11.1. The van der Waals surface area contributed by atoms with Crippen molar-refractivity contribution in [2.45, 2.75) is 43.6 Å². The van der Waals surface area contributed by atoms with Gasteiger partial charge in [-0.2, -0.15) is 0 Å². The molecule has 1 saturated heterocycles. The molecule has 3 nitrogen and oxygen atoms in total. The van der Waals surface area contributed by atoms with Gasteiger partial charge in [0.15, 0.2) is 0 Å². The summed E-state index contributed by atoms with van der Waals surface area (Å²) in [4.78, 5) is 1.47. The Morgan fingerprint density at radius 2 is 1.62 bits per heavy atom. The normalized spacial score (nSPS) is 22.1. The molecule has 1 heterocycles. The number of halogens is 1. The Kier molecular flexibility index (Phi) is 6.63. The number of hydrogen-bond acceptors (Lipinski definition) is 2. The van der Waals surface area contributed by atoms with Crippen molar-refractivity contribution >= 4 is 0 Å². The fourth-order valence-electron chi connectivity index (χ4n) is 5.35. The van der Waals surface area contributed by atoms with E-state index in [9.17, 15) is 9.50 Å². The lowest BCUT2D eigenvalue weighted by molar-refractivity contribution is -0.910. The van der Waals surface area contributed by atoms with Crippen molar-refractivity contribution in [1.82, 2.24) is 0 Å². The van der Waals surface area contributed by atoms with Gasteiger partial charge >= 0.3 is 0 Å². The van der Waals surface area contributed by atoms with E-state index in [0.29, 0.717) is 0 Å². The van der Waals surface area contributed by atoms with Crippen LogP contribution in [0.1, 0.15) is 49.1 Å². The van der Waals surface area contributed by atoms with Gasteiger partial charge in [0.05, 0.1) is 25.7 Å². The second-order valence-corrected chi connectivity index (χ2v) is 8.70. The first-order valence-electron chi connectivity index (χ1n) is 11.1. The Morgan fingerprint density at radius 1 is 0.966 bits per heavy atom. The lowest BCUT2D eigenvalue weighted by Gasteiger charge is -2.45. The number of rotatable bonds is 6. The van der Waals surface area contributed by atoms with E-state index in [0.717, 1.165) is 64.1 Å². The maximum Gasteiger partial charge on any atom is 0.123 e. The monoisotopic (exact) mass is 398 g/mol. The van der Waals surface area contributed by atoms with Crippen molar-refractivity contribution in [1.29, 1.82) is 0 Å². The lowest BCUT2D eigenvalue weighted by Crippen LogP contribution is -3.14. The van der Waals surface area contributed by atoms with Gasteiger partial charge in [-0.05, 0) is 42.0 Å². The zero-order valence-electron chi connectivity index (χ0n) is 17.2. The van der Waals surface area contributed by atoms with E-state index in [4.69, 9.17) is 4.74 Å². The van der Waals surface area contributed by atoms with Crippen LogP contribution in [0.4, 0.5) is 4.39 Å². The van der Waals surface area contributed by atoms with Crippen molar-refractivity contribution in [3.8, 4) is 0 Å². The van der Waals surface area contributed by atoms with Crippen molar-refractivity contribution < 1.29 is 19.1 Å². The molecule has 2 aliphatic rings. The minimum Gasteiger partial charge on any atom is -0.384 e. The molecule has 0 radical (unpaired) electrons. The highest BCUT2D eigenvalue weighted by atomic mass is 19.1. The third kappa shape index (κ3) is 4.55. The maximum absolute atomic E-state index is 13.7. The van der Waals surface area contributed by atoms with E-state index in [1.54, 1.807) is 12.1 Å². The van der Waals surface area contributed by atoms with Crippen LogP contribution in [-0.4, -0.2) is 38.0 Å². The number of nitrogens with one attached hydrogen (secondary N) is 1. The molecular weight excluding hydrogens is 365 g/mol. The van der Waals surface area contributed by atoms with Gasteiger partial charge in [0, 0.05) is 0 Å². The van der Waals surface area contributed by atoms with Crippen LogP contribution in [-0.2, 0) is 10.3 Å². The van der Waals surface area contributed by atoms with Crippen LogP contribution in [0, 0.1) is 11.7 Å². The SMILES string of the molecule is OC(c1ccc(F)cc1)(C1CCCCC1)C(C[NH+]1CCOCC1)c1ccccc1. The molecule has 2 N–H and O–H groups in total. The summed E-state index contributed by atoms with van der Waals surface area (Å²) >= 11 is 0. The molecule has 156 valence electrons. The average Bonchev–Trinajstić information content (AvgIpc) is 2.79. The van der Waals surface area contributed by atoms with Crippen LogP contribution in [0.25, 0.3) is 0 Å². The fraction of sp³-hybridized carbons (Fsp3) is 0.520. The van der Waals surface area contributed by atoms with E-state index >= 15 is 0 Å². The number of quaternary nitrogens is 1. The van der Waals surface area contributed by atoms with Crippen molar-refractivity contribution in [2.24, 2.45) is 5.92 Å². The predicted octanol–water partition coefficient (Wildman–Crippen LogP) is 3.29. The van der Waals surface area contributed by atoms with Crippen molar-refractivity contribution in [3.63, 3.8) is 0 Å². The van der Waals surface area contributed by atoms with E-state index in [1.807, 2.05) is 6.07 Å². The summed E-state index contributed by atoms with van der Waals surface area (Å²) in [6.07, 6.45) is 5.59. The van der Waals surface area contributed by atoms with Gasteiger partial charge in [0.25, 0.3) is 0 Å². The minimum atomic E-state index is -0.999. The average molecular weight is 399 g/mol. The Morgan fingerprint density at radius 3 is 2.28 bits per heavy atom. The highest BCUT2D eigenvalue weighted by Gasteiger charge is 2.47. The zero-order valence-corrected chi connectivity index (χ0v) is 17.2. The minimum absolute atomic E-state index is 0.0367. The second kappa shape index (κ2) is 9.38. The first-order chi connectivity index (χ1) is 14.2. The Hall–Kier alpha value is -1.75. The highest BCUT2D eigenvalue weighted by Crippen LogP contribution is 2.47. The summed E-state index contributed by atoms with van der Waals surface area (Å²) in [7, 11) is 0. The maximum atomic E-state index is 13.7. The quantitative estimate of drug-likeness (QED) is 0.783. The third-order valence-corrected chi connectivity index (χ3v) is 6.96. The van der Waals surface area contributed by atoms with Crippen LogP contribution in [0.2, 0.25) is 0 Å². The largest absolute Gasteiger partial charge is 0.384 e. The lowest BCUT2D eigenvalue weighted by atomic mass is 9.65. The van der Waals surface area contributed by atoms with Gasteiger partial charge in [-0.3, -0.25) is 0 Å². The molecule has 2 fully saturated rings. The topological polar surface area (TPSA) is 33.9 Å². The molecule has 4 heteroatoms. The van der Waals surface area contributed by atoms with E-state index < -0.39 is 5.60 Å². The van der Waals surface area contributed by atoms with Crippen molar-refractivity contribution in [2.75, 3.05) is 32.8 Å². The summed E-state index contributed by atoms with van der Waals surface area (Å²) in [6, 6.07) is 17.0.